The third-order valence-electron chi connectivity index (χ3n) is 2.09. The molecule has 0 saturated heterocycles. The van der Waals surface area contributed by atoms with Gasteiger partial charge in [0.2, 0.25) is 5.91 Å². The zero-order valence-corrected chi connectivity index (χ0v) is 10.2. The summed E-state index contributed by atoms with van der Waals surface area (Å²) in [6.45, 7) is 2.26. The van der Waals surface area contributed by atoms with Crippen molar-refractivity contribution < 1.29 is 29.3 Å². The van der Waals surface area contributed by atoms with Crippen molar-refractivity contribution in [1.29, 1.82) is 0 Å². The Balaban J connectivity index is 4.16. The Labute approximate surface area is 99.7 Å². The van der Waals surface area contributed by atoms with Gasteiger partial charge in [-0.25, -0.2) is 0 Å². The predicted octanol–water partition coefficient (Wildman–Crippen LogP) is -1.58. The molecule has 0 aromatic carbocycles. The minimum atomic E-state index is -1.26. The maximum Gasteiger partial charge on any atom is 0.302 e. The molecule has 0 aliphatic carbocycles. The van der Waals surface area contributed by atoms with Crippen molar-refractivity contribution >= 4 is 11.9 Å². The molecule has 7 nitrogen and oxygen atoms in total. The number of esters is 1. The van der Waals surface area contributed by atoms with E-state index in [4.69, 9.17) is 4.74 Å². The first kappa shape index (κ1) is 15.8. The second kappa shape index (κ2) is 7.99. The summed E-state index contributed by atoms with van der Waals surface area (Å²) in [4.78, 5) is 21.2. The van der Waals surface area contributed by atoms with Crippen LogP contribution >= 0.6 is 0 Å². The fraction of sp³-hybridized carbons (Fsp3) is 0.800. The van der Waals surface area contributed by atoms with Crippen LogP contribution in [-0.2, 0) is 19.1 Å². The van der Waals surface area contributed by atoms with Crippen molar-refractivity contribution in [2.45, 2.75) is 32.2 Å². The topological polar surface area (TPSA) is 105 Å². The molecule has 100 valence electrons. The van der Waals surface area contributed by atoms with Gasteiger partial charge >= 0.3 is 5.97 Å². The number of aliphatic hydroxyl groups excluding tert-OH is 2. The molecule has 17 heavy (non-hydrogen) atoms. The fourth-order valence-electron chi connectivity index (χ4n) is 1.12. The highest BCUT2D eigenvalue weighted by Gasteiger charge is 2.27. The van der Waals surface area contributed by atoms with Gasteiger partial charge in [-0.15, -0.1) is 0 Å². The Morgan fingerprint density at radius 2 is 1.88 bits per heavy atom. The molecular formula is C10H19NO6. The highest BCUT2D eigenvalue weighted by atomic mass is 16.6. The summed E-state index contributed by atoms with van der Waals surface area (Å²) < 4.78 is 9.56. The SMILES string of the molecule is COC(COC(C)=O)[C@H](O)[C@H](O)CNC(C)=O. The minimum Gasteiger partial charge on any atom is -0.463 e. The molecule has 7 heteroatoms. The molecule has 0 aliphatic heterocycles. The van der Waals surface area contributed by atoms with Gasteiger partial charge in [0.05, 0.1) is 6.10 Å². The molecule has 1 unspecified atom stereocenters. The number of hydrogen-bond donors (Lipinski definition) is 3. The van der Waals surface area contributed by atoms with Crippen molar-refractivity contribution in [3.05, 3.63) is 0 Å². The first-order chi connectivity index (χ1) is 7.88. The molecule has 3 N–H and O–H groups in total. The van der Waals surface area contributed by atoms with Crippen LogP contribution in [0.15, 0.2) is 0 Å². The van der Waals surface area contributed by atoms with Gasteiger partial charge in [-0.05, 0) is 0 Å². The van der Waals surface area contributed by atoms with Crippen LogP contribution < -0.4 is 5.32 Å². The van der Waals surface area contributed by atoms with Gasteiger partial charge in [0.1, 0.15) is 18.8 Å². The predicted molar refractivity (Wildman–Crippen MR) is 58.1 cm³/mol. The molecule has 0 spiro atoms. The Kier molecular flexibility index (Phi) is 7.44. The van der Waals surface area contributed by atoms with Gasteiger partial charge in [0.15, 0.2) is 0 Å². The lowest BCUT2D eigenvalue weighted by Crippen LogP contribution is -2.46. The lowest BCUT2D eigenvalue weighted by atomic mass is 10.1. The number of amides is 1. The van der Waals surface area contributed by atoms with Crippen molar-refractivity contribution in [2.24, 2.45) is 0 Å². The van der Waals surface area contributed by atoms with Gasteiger partial charge < -0.3 is 25.0 Å². The van der Waals surface area contributed by atoms with E-state index in [1.807, 2.05) is 0 Å². The monoisotopic (exact) mass is 249 g/mol. The van der Waals surface area contributed by atoms with Crippen LogP contribution in [0.4, 0.5) is 0 Å². The summed E-state index contributed by atoms with van der Waals surface area (Å²) >= 11 is 0. The van der Waals surface area contributed by atoms with Crippen LogP contribution in [0.3, 0.4) is 0 Å². The summed E-state index contributed by atoms with van der Waals surface area (Å²) in [7, 11) is 1.32. The lowest BCUT2D eigenvalue weighted by molar-refractivity contribution is -0.151. The zero-order valence-electron chi connectivity index (χ0n) is 10.2. The highest BCUT2D eigenvalue weighted by Crippen LogP contribution is 2.04. The number of nitrogens with one attached hydrogen (secondary N) is 1. The maximum atomic E-state index is 10.6. The van der Waals surface area contributed by atoms with E-state index >= 15 is 0 Å². The molecule has 0 radical (unpaired) electrons. The van der Waals surface area contributed by atoms with E-state index in [1.54, 1.807) is 0 Å². The first-order valence-electron chi connectivity index (χ1n) is 5.15. The van der Waals surface area contributed by atoms with Crippen molar-refractivity contribution in [3.63, 3.8) is 0 Å². The number of ether oxygens (including phenoxy) is 2. The number of carbonyl (C=O) groups is 2. The second-order valence-corrected chi connectivity index (χ2v) is 3.57. The normalized spacial score (nSPS) is 15.8. The van der Waals surface area contributed by atoms with E-state index in [0.29, 0.717) is 0 Å². The summed E-state index contributed by atoms with van der Waals surface area (Å²) in [5.41, 5.74) is 0. The molecule has 0 aliphatic rings. The zero-order chi connectivity index (χ0) is 13.4. The number of carbonyl (C=O) groups excluding carboxylic acids is 2. The van der Waals surface area contributed by atoms with Gasteiger partial charge in [-0.2, -0.15) is 0 Å². The summed E-state index contributed by atoms with van der Waals surface area (Å²) in [6.07, 6.45) is -3.30. The molecule has 0 fully saturated rings. The van der Waals surface area contributed by atoms with E-state index in [0.717, 1.165) is 0 Å². The average Bonchev–Trinajstić information content (AvgIpc) is 2.25. The Morgan fingerprint density at radius 3 is 2.29 bits per heavy atom. The van der Waals surface area contributed by atoms with Gasteiger partial charge in [-0.3, -0.25) is 9.59 Å². The number of aliphatic hydroxyl groups is 2. The quantitative estimate of drug-likeness (QED) is 0.470. The van der Waals surface area contributed by atoms with E-state index in [1.165, 1.54) is 21.0 Å². The Hall–Kier alpha value is -1.18. The molecule has 0 saturated carbocycles. The molecule has 3 atom stereocenters. The van der Waals surface area contributed by atoms with Gasteiger partial charge in [0.25, 0.3) is 0 Å². The number of methoxy groups -OCH3 is 1. The molecule has 0 bridgehead atoms. The van der Waals surface area contributed by atoms with E-state index < -0.39 is 24.3 Å². The molecule has 0 aromatic heterocycles. The molecule has 0 heterocycles. The Bertz CT molecular complexity index is 257. The number of rotatable bonds is 7. The third kappa shape index (κ3) is 6.88. The van der Waals surface area contributed by atoms with Crippen LogP contribution in [-0.4, -0.2) is 60.7 Å². The van der Waals surface area contributed by atoms with E-state index in [2.05, 4.69) is 10.1 Å². The van der Waals surface area contributed by atoms with Crippen LogP contribution in [0.25, 0.3) is 0 Å². The van der Waals surface area contributed by atoms with Crippen LogP contribution in [0.5, 0.6) is 0 Å². The second-order valence-electron chi connectivity index (χ2n) is 3.57. The molecule has 0 rings (SSSR count). The van der Waals surface area contributed by atoms with E-state index in [9.17, 15) is 19.8 Å². The highest BCUT2D eigenvalue weighted by molar-refractivity contribution is 5.72. The van der Waals surface area contributed by atoms with Gasteiger partial charge in [-0.1, -0.05) is 0 Å². The third-order valence-corrected chi connectivity index (χ3v) is 2.09. The fourth-order valence-corrected chi connectivity index (χ4v) is 1.12. The summed E-state index contributed by atoms with van der Waals surface area (Å²) in [5, 5.41) is 21.6. The van der Waals surface area contributed by atoms with Crippen molar-refractivity contribution in [2.75, 3.05) is 20.3 Å². The number of hydrogen-bond acceptors (Lipinski definition) is 6. The molecule has 0 aromatic rings. The van der Waals surface area contributed by atoms with Gasteiger partial charge in [0, 0.05) is 27.5 Å². The smallest absolute Gasteiger partial charge is 0.302 e. The summed E-state index contributed by atoms with van der Waals surface area (Å²) in [6, 6.07) is 0. The van der Waals surface area contributed by atoms with Crippen molar-refractivity contribution in [3.8, 4) is 0 Å². The lowest BCUT2D eigenvalue weighted by Gasteiger charge is -2.25. The average molecular weight is 249 g/mol. The minimum absolute atomic E-state index is 0.101. The maximum absolute atomic E-state index is 10.6. The van der Waals surface area contributed by atoms with Crippen LogP contribution in [0.2, 0.25) is 0 Å². The largest absolute Gasteiger partial charge is 0.463 e. The van der Waals surface area contributed by atoms with Crippen LogP contribution in [0, 0.1) is 0 Å². The summed E-state index contributed by atoms with van der Waals surface area (Å²) in [5.74, 6) is -0.819. The molecular weight excluding hydrogens is 230 g/mol. The van der Waals surface area contributed by atoms with E-state index in [-0.39, 0.29) is 19.1 Å². The molecule has 1 amide bonds. The standard InChI is InChI=1S/C10H19NO6/c1-6(12)11-4-8(14)10(15)9(16-3)5-17-7(2)13/h8-10,14-15H,4-5H2,1-3H3,(H,11,12)/t8-,9?,10-/m1/s1. The Morgan fingerprint density at radius 1 is 1.29 bits per heavy atom. The first-order valence-corrected chi connectivity index (χ1v) is 5.15. The van der Waals surface area contributed by atoms with Crippen molar-refractivity contribution in [1.82, 2.24) is 5.32 Å². The van der Waals surface area contributed by atoms with Crippen LogP contribution in [0.1, 0.15) is 13.8 Å².